The second-order valence-corrected chi connectivity index (χ2v) is 8.92. The minimum absolute atomic E-state index is 0.372. The van der Waals surface area contributed by atoms with Crippen LogP contribution in [0.3, 0.4) is 0 Å². The van der Waals surface area contributed by atoms with Gasteiger partial charge in [-0.15, -0.1) is 0 Å². The van der Waals surface area contributed by atoms with E-state index in [1.54, 1.807) is 0 Å². The van der Waals surface area contributed by atoms with E-state index < -0.39 is 11.7 Å². The Morgan fingerprint density at radius 3 is 2.44 bits per heavy atom. The van der Waals surface area contributed by atoms with Crippen LogP contribution in [0.25, 0.3) is 11.4 Å². The van der Waals surface area contributed by atoms with Crippen LogP contribution >= 0.6 is 0 Å². The minimum atomic E-state index is -4.50. The molecule has 174 valence electrons. The van der Waals surface area contributed by atoms with E-state index in [2.05, 4.69) is 31.4 Å². The Bertz CT molecular complexity index is 1040. The van der Waals surface area contributed by atoms with Crippen LogP contribution in [0.15, 0.2) is 42.5 Å². The molecule has 1 aliphatic heterocycles. The van der Waals surface area contributed by atoms with Gasteiger partial charge in [0.05, 0.1) is 11.3 Å². The van der Waals surface area contributed by atoms with Gasteiger partial charge in [-0.3, -0.25) is 0 Å². The van der Waals surface area contributed by atoms with Gasteiger partial charge >= 0.3 is 6.18 Å². The maximum atomic E-state index is 13.1. The molecule has 1 aliphatic rings. The number of phenolic OH excluding ortho intramolecular Hbond substituents is 1. The molecule has 6 heteroatoms. The van der Waals surface area contributed by atoms with Gasteiger partial charge < -0.3 is 15.7 Å². The summed E-state index contributed by atoms with van der Waals surface area (Å²) < 4.78 is 39.2. The molecular formula is C26H33F3N2O. The van der Waals surface area contributed by atoms with E-state index in [1.165, 1.54) is 6.07 Å². The van der Waals surface area contributed by atoms with Crippen LogP contribution < -0.4 is 21.1 Å². The molecule has 0 saturated carbocycles. The number of unbranched alkanes of at least 4 members (excludes halogenated alkanes) is 1. The Balaban J connectivity index is 2.11. The predicted octanol–water partition coefficient (Wildman–Crippen LogP) is 4.86. The quantitative estimate of drug-likeness (QED) is 0.543. The number of hydrogen-bond donors (Lipinski definition) is 3. The van der Waals surface area contributed by atoms with Crippen LogP contribution in [-0.2, 0) is 6.18 Å². The molecule has 0 aliphatic carbocycles. The van der Waals surface area contributed by atoms with Gasteiger partial charge in [0.25, 0.3) is 0 Å². The normalized spacial score (nSPS) is 15.2. The largest absolute Gasteiger partial charge is 0.507 e. The molecule has 3 nitrogen and oxygen atoms in total. The molecule has 1 atom stereocenters. The van der Waals surface area contributed by atoms with Gasteiger partial charge in [0.1, 0.15) is 5.75 Å². The van der Waals surface area contributed by atoms with Crippen LogP contribution in [-0.4, -0.2) is 17.7 Å². The molecule has 0 bridgehead atoms. The Morgan fingerprint density at radius 1 is 1.09 bits per heavy atom. The lowest BCUT2D eigenvalue weighted by molar-refractivity contribution is -0.137. The summed E-state index contributed by atoms with van der Waals surface area (Å²) >= 11 is 0. The Morgan fingerprint density at radius 2 is 1.81 bits per heavy atom. The van der Waals surface area contributed by atoms with E-state index in [9.17, 15) is 18.3 Å². The van der Waals surface area contributed by atoms with Gasteiger partial charge in [-0.05, 0) is 37.0 Å². The molecule has 0 radical (unpaired) electrons. The van der Waals surface area contributed by atoms with Crippen molar-refractivity contribution in [1.29, 1.82) is 0 Å². The second kappa shape index (κ2) is 10.3. The highest BCUT2D eigenvalue weighted by Crippen LogP contribution is 2.34. The summed E-state index contributed by atoms with van der Waals surface area (Å²) in [5.41, 5.74) is 1.30. The van der Waals surface area contributed by atoms with E-state index in [0.717, 1.165) is 60.4 Å². The minimum Gasteiger partial charge on any atom is -0.507 e. The Labute approximate surface area is 188 Å². The Hall–Kier alpha value is -2.63. The van der Waals surface area contributed by atoms with Crippen LogP contribution in [0.4, 0.5) is 13.2 Å². The van der Waals surface area contributed by atoms with Crippen LogP contribution in [0.1, 0.15) is 64.0 Å². The van der Waals surface area contributed by atoms with Gasteiger partial charge in [-0.1, -0.05) is 57.9 Å². The average molecular weight is 447 g/mol. The summed E-state index contributed by atoms with van der Waals surface area (Å²) in [7, 11) is 0. The number of nitrogens with one attached hydrogen (secondary N) is 2. The van der Waals surface area contributed by atoms with Crippen molar-refractivity contribution in [2.45, 2.75) is 65.1 Å². The standard InChI is InChI=1S/C26H33F3N2O/c1-4-5-8-19(15-17(2)3)31-23-13-14-30-25(21-10-7-6-9-20(21)23)22-12-11-18(16-24(22)32)26(27,28)29/h6-7,9-12,16-17,19,30-32H,4-5,8,13-15H2,1-3H3. The number of phenols is 1. The van der Waals surface area contributed by atoms with Gasteiger partial charge in [0.15, 0.2) is 0 Å². The predicted molar refractivity (Wildman–Crippen MR) is 123 cm³/mol. The number of hydrogen-bond acceptors (Lipinski definition) is 3. The third kappa shape index (κ3) is 5.78. The third-order valence-electron chi connectivity index (χ3n) is 5.83. The number of benzene rings is 2. The van der Waals surface area contributed by atoms with E-state index in [0.29, 0.717) is 29.8 Å². The zero-order valence-electron chi connectivity index (χ0n) is 19.0. The zero-order valence-corrected chi connectivity index (χ0v) is 19.0. The summed E-state index contributed by atoms with van der Waals surface area (Å²) in [5, 5.41) is 19.5. The molecule has 32 heavy (non-hydrogen) atoms. The topological polar surface area (TPSA) is 44.3 Å². The van der Waals surface area contributed by atoms with E-state index >= 15 is 0 Å². The molecule has 2 aromatic rings. The van der Waals surface area contributed by atoms with Gasteiger partial charge in [-0.2, -0.15) is 13.2 Å². The highest BCUT2D eigenvalue weighted by molar-refractivity contribution is 5.70. The number of aromatic hydroxyl groups is 1. The molecule has 3 N–H and O–H groups in total. The smallest absolute Gasteiger partial charge is 0.416 e. The fourth-order valence-corrected chi connectivity index (χ4v) is 4.33. The molecule has 0 amide bonds. The summed E-state index contributed by atoms with van der Waals surface area (Å²) in [4.78, 5) is 0. The highest BCUT2D eigenvalue weighted by atomic mass is 19.4. The Kier molecular flexibility index (Phi) is 7.75. The maximum Gasteiger partial charge on any atom is 0.416 e. The monoisotopic (exact) mass is 446 g/mol. The molecule has 0 spiro atoms. The lowest BCUT2D eigenvalue weighted by Crippen LogP contribution is -2.37. The van der Waals surface area contributed by atoms with Crippen LogP contribution in [0, 0.1) is 5.92 Å². The third-order valence-corrected chi connectivity index (χ3v) is 5.83. The first kappa shape index (κ1) is 24.0. The first-order valence-electron chi connectivity index (χ1n) is 11.4. The van der Waals surface area contributed by atoms with Crippen molar-refractivity contribution < 1.29 is 18.3 Å². The first-order valence-corrected chi connectivity index (χ1v) is 11.4. The van der Waals surface area contributed by atoms with E-state index in [4.69, 9.17) is 0 Å². The van der Waals surface area contributed by atoms with Crippen molar-refractivity contribution in [3.63, 3.8) is 0 Å². The zero-order chi connectivity index (χ0) is 23.3. The second-order valence-electron chi connectivity index (χ2n) is 8.92. The molecule has 1 unspecified atom stereocenters. The number of fused-ring (bicyclic) bond motifs is 1. The summed E-state index contributed by atoms with van der Waals surface area (Å²) in [6.45, 7) is 7.28. The lowest BCUT2D eigenvalue weighted by Gasteiger charge is -2.23. The molecule has 0 saturated heterocycles. The van der Waals surface area contributed by atoms with Crippen molar-refractivity contribution in [3.8, 4) is 5.75 Å². The molecule has 0 aromatic heterocycles. The molecule has 1 heterocycles. The highest BCUT2D eigenvalue weighted by Gasteiger charge is 2.31. The van der Waals surface area contributed by atoms with Crippen molar-refractivity contribution in [2.24, 2.45) is 5.92 Å². The fourth-order valence-electron chi connectivity index (χ4n) is 4.33. The maximum absolute atomic E-state index is 13.1. The number of halogens is 3. The van der Waals surface area contributed by atoms with Crippen LogP contribution in [0.2, 0.25) is 0 Å². The van der Waals surface area contributed by atoms with Gasteiger partial charge in [0, 0.05) is 40.7 Å². The summed E-state index contributed by atoms with van der Waals surface area (Å²) in [5.74, 6) is 0.199. The van der Waals surface area contributed by atoms with Crippen molar-refractivity contribution in [3.05, 3.63) is 64.0 Å². The fraction of sp³-hybridized carbons (Fsp3) is 0.462. The molecule has 2 aromatic carbocycles. The van der Waals surface area contributed by atoms with Crippen molar-refractivity contribution >= 4 is 11.4 Å². The SMILES string of the molecule is CCCCC(CC(C)C)NC1=c2ccccc2=C(c2ccc(C(F)(F)F)cc2O)NCC1. The lowest BCUT2D eigenvalue weighted by atomic mass is 9.98. The van der Waals surface area contributed by atoms with Gasteiger partial charge in [0.2, 0.25) is 0 Å². The molecule has 3 rings (SSSR count). The van der Waals surface area contributed by atoms with E-state index in [-0.39, 0.29) is 5.75 Å². The van der Waals surface area contributed by atoms with Crippen molar-refractivity contribution in [1.82, 2.24) is 10.6 Å². The average Bonchev–Trinajstić information content (AvgIpc) is 2.91. The number of alkyl halides is 3. The first-order chi connectivity index (χ1) is 15.2. The van der Waals surface area contributed by atoms with Crippen LogP contribution in [0.5, 0.6) is 5.75 Å². The summed E-state index contributed by atoms with van der Waals surface area (Å²) in [6.07, 6.45) is 0.759. The number of rotatable bonds is 8. The van der Waals surface area contributed by atoms with E-state index in [1.807, 2.05) is 24.3 Å². The summed E-state index contributed by atoms with van der Waals surface area (Å²) in [6, 6.07) is 11.4. The molecule has 0 fully saturated rings. The van der Waals surface area contributed by atoms with Crippen molar-refractivity contribution in [2.75, 3.05) is 6.54 Å². The van der Waals surface area contributed by atoms with Gasteiger partial charge in [-0.25, -0.2) is 0 Å². The molecular weight excluding hydrogens is 413 g/mol.